The van der Waals surface area contributed by atoms with E-state index >= 15 is 0 Å². The summed E-state index contributed by atoms with van der Waals surface area (Å²) in [5.41, 5.74) is 5.31. The maximum absolute atomic E-state index is 5.31. The Morgan fingerprint density at radius 1 is 1.31 bits per heavy atom. The first kappa shape index (κ1) is 11.3. The first-order chi connectivity index (χ1) is 6.43. The number of thioether (sulfide) groups is 1. The average molecular weight is 205 g/mol. The summed E-state index contributed by atoms with van der Waals surface area (Å²) in [6.07, 6.45) is 2.39. The lowest BCUT2D eigenvalue weighted by Gasteiger charge is -2.21. The van der Waals surface area contributed by atoms with Gasteiger partial charge in [-0.15, -0.1) is 0 Å². The molecular weight excluding hydrogens is 186 g/mol. The Morgan fingerprint density at radius 3 is 2.77 bits per heavy atom. The van der Waals surface area contributed by atoms with Gasteiger partial charge in [-0.05, 0) is 12.8 Å². The predicted molar refractivity (Wildman–Crippen MR) is 56.2 cm³/mol. The van der Waals surface area contributed by atoms with E-state index in [1.54, 1.807) is 0 Å². The molecule has 0 bridgehead atoms. The fourth-order valence-corrected chi connectivity index (χ4v) is 2.37. The van der Waals surface area contributed by atoms with E-state index in [9.17, 15) is 0 Å². The molecule has 0 atom stereocenters. The molecule has 0 aromatic heterocycles. The lowest BCUT2D eigenvalue weighted by molar-refractivity contribution is 0.0998. The average Bonchev–Trinajstić information content (AvgIpc) is 2.19. The Bertz CT molecular complexity index is 118. The number of hydrogen-bond acceptors (Lipinski definition) is 4. The summed E-state index contributed by atoms with van der Waals surface area (Å²) in [4.78, 5) is 0. The molecule has 1 rings (SSSR count). The van der Waals surface area contributed by atoms with Crippen LogP contribution in [0.1, 0.15) is 12.8 Å². The molecule has 1 aliphatic heterocycles. The number of ether oxygens (including phenoxy) is 2. The summed E-state index contributed by atoms with van der Waals surface area (Å²) in [6, 6.07) is 0. The van der Waals surface area contributed by atoms with Crippen LogP contribution in [0.2, 0.25) is 0 Å². The van der Waals surface area contributed by atoms with Crippen LogP contribution in [-0.4, -0.2) is 44.0 Å². The smallest absolute Gasteiger partial charge is 0.0589 e. The van der Waals surface area contributed by atoms with Gasteiger partial charge in [0.15, 0.2) is 0 Å². The van der Waals surface area contributed by atoms with E-state index in [2.05, 4.69) is 0 Å². The number of nitrogens with two attached hydrogens (primary N) is 1. The lowest BCUT2D eigenvalue weighted by Crippen LogP contribution is -2.18. The maximum atomic E-state index is 5.31. The first-order valence-corrected chi connectivity index (χ1v) is 5.95. The molecular formula is C9H19NO2S. The van der Waals surface area contributed by atoms with Crippen molar-refractivity contribution in [3.63, 3.8) is 0 Å². The van der Waals surface area contributed by atoms with E-state index in [0.29, 0.717) is 13.2 Å². The van der Waals surface area contributed by atoms with Gasteiger partial charge in [-0.25, -0.2) is 0 Å². The van der Waals surface area contributed by atoms with E-state index in [0.717, 1.165) is 30.8 Å². The Hall–Kier alpha value is 0.230. The third-order valence-corrected chi connectivity index (χ3v) is 3.36. The molecule has 3 nitrogen and oxygen atoms in total. The Balaban J connectivity index is 1.86. The normalized spacial score (nSPS) is 19.2. The molecule has 0 aromatic rings. The van der Waals surface area contributed by atoms with Gasteiger partial charge in [0.05, 0.1) is 13.2 Å². The van der Waals surface area contributed by atoms with E-state index in [1.165, 1.54) is 12.8 Å². The van der Waals surface area contributed by atoms with Gasteiger partial charge in [-0.1, -0.05) is 0 Å². The summed E-state index contributed by atoms with van der Waals surface area (Å²) in [5.74, 6) is 1.09. The minimum Gasteiger partial charge on any atom is -0.381 e. The third kappa shape index (κ3) is 5.52. The summed E-state index contributed by atoms with van der Waals surface area (Å²) >= 11 is 2.00. The molecule has 0 aliphatic carbocycles. The molecule has 4 heteroatoms. The summed E-state index contributed by atoms with van der Waals surface area (Å²) in [5, 5.41) is 0.787. The van der Waals surface area contributed by atoms with Gasteiger partial charge in [-0.3, -0.25) is 0 Å². The van der Waals surface area contributed by atoms with Crippen molar-refractivity contribution in [2.45, 2.75) is 18.1 Å². The molecule has 0 aromatic carbocycles. The third-order valence-electron chi connectivity index (χ3n) is 2.01. The molecule has 0 unspecified atom stereocenters. The first-order valence-electron chi connectivity index (χ1n) is 4.90. The van der Waals surface area contributed by atoms with Crippen LogP contribution in [0.5, 0.6) is 0 Å². The Kier molecular flexibility index (Phi) is 6.62. The van der Waals surface area contributed by atoms with Crippen LogP contribution in [0.4, 0.5) is 0 Å². The number of rotatable bonds is 6. The van der Waals surface area contributed by atoms with Crippen LogP contribution in [-0.2, 0) is 9.47 Å². The highest BCUT2D eigenvalue weighted by Gasteiger charge is 2.13. The van der Waals surface area contributed by atoms with Crippen molar-refractivity contribution in [2.75, 3.05) is 38.7 Å². The molecule has 0 spiro atoms. The standard InChI is InChI=1S/C9H19NO2S/c10-3-6-12-7-8-13-9-1-4-11-5-2-9/h9H,1-8,10H2. The van der Waals surface area contributed by atoms with Gasteiger partial charge in [0.1, 0.15) is 0 Å². The van der Waals surface area contributed by atoms with E-state index in [-0.39, 0.29) is 0 Å². The Labute approximate surface area is 84.3 Å². The topological polar surface area (TPSA) is 44.5 Å². The molecule has 0 amide bonds. The summed E-state index contributed by atoms with van der Waals surface area (Å²) in [6.45, 7) is 4.01. The molecule has 1 fully saturated rings. The molecule has 78 valence electrons. The van der Waals surface area contributed by atoms with E-state index in [1.807, 2.05) is 11.8 Å². The van der Waals surface area contributed by atoms with Crippen molar-refractivity contribution in [3.8, 4) is 0 Å². The summed E-state index contributed by atoms with van der Waals surface area (Å²) in [7, 11) is 0. The fourth-order valence-electron chi connectivity index (χ4n) is 1.30. The maximum Gasteiger partial charge on any atom is 0.0589 e. The minimum atomic E-state index is 0.627. The Morgan fingerprint density at radius 2 is 2.08 bits per heavy atom. The molecule has 1 aliphatic rings. The second-order valence-electron chi connectivity index (χ2n) is 3.08. The zero-order valence-electron chi connectivity index (χ0n) is 8.04. The second kappa shape index (κ2) is 7.62. The second-order valence-corrected chi connectivity index (χ2v) is 4.49. The van der Waals surface area contributed by atoms with Gasteiger partial charge in [0, 0.05) is 30.8 Å². The van der Waals surface area contributed by atoms with Crippen LogP contribution in [0.3, 0.4) is 0 Å². The van der Waals surface area contributed by atoms with Crippen LogP contribution in [0.25, 0.3) is 0 Å². The van der Waals surface area contributed by atoms with E-state index in [4.69, 9.17) is 15.2 Å². The largest absolute Gasteiger partial charge is 0.381 e. The van der Waals surface area contributed by atoms with Gasteiger partial charge in [0.2, 0.25) is 0 Å². The van der Waals surface area contributed by atoms with Crippen molar-refractivity contribution in [1.29, 1.82) is 0 Å². The molecule has 0 radical (unpaired) electrons. The van der Waals surface area contributed by atoms with Gasteiger partial charge in [0.25, 0.3) is 0 Å². The van der Waals surface area contributed by atoms with Crippen molar-refractivity contribution < 1.29 is 9.47 Å². The van der Waals surface area contributed by atoms with Crippen LogP contribution in [0.15, 0.2) is 0 Å². The zero-order chi connectivity index (χ0) is 9.36. The summed E-state index contributed by atoms with van der Waals surface area (Å²) < 4.78 is 10.6. The molecule has 0 saturated carbocycles. The van der Waals surface area contributed by atoms with Crippen molar-refractivity contribution >= 4 is 11.8 Å². The van der Waals surface area contributed by atoms with Crippen LogP contribution >= 0.6 is 11.8 Å². The minimum absolute atomic E-state index is 0.627. The quantitative estimate of drug-likeness (QED) is 0.654. The van der Waals surface area contributed by atoms with Gasteiger partial charge in [-0.2, -0.15) is 11.8 Å². The van der Waals surface area contributed by atoms with Crippen LogP contribution in [0, 0.1) is 0 Å². The predicted octanol–water partition coefficient (Wildman–Crippen LogP) is 0.874. The fraction of sp³-hybridized carbons (Fsp3) is 1.00. The van der Waals surface area contributed by atoms with Crippen LogP contribution < -0.4 is 5.73 Å². The lowest BCUT2D eigenvalue weighted by atomic mass is 10.2. The highest BCUT2D eigenvalue weighted by Crippen LogP contribution is 2.21. The monoisotopic (exact) mass is 205 g/mol. The number of hydrogen-bond donors (Lipinski definition) is 1. The van der Waals surface area contributed by atoms with Crippen molar-refractivity contribution in [3.05, 3.63) is 0 Å². The van der Waals surface area contributed by atoms with Crippen molar-refractivity contribution in [2.24, 2.45) is 5.73 Å². The molecule has 1 heterocycles. The van der Waals surface area contributed by atoms with Gasteiger partial charge < -0.3 is 15.2 Å². The van der Waals surface area contributed by atoms with Crippen molar-refractivity contribution in [1.82, 2.24) is 0 Å². The molecule has 13 heavy (non-hydrogen) atoms. The highest BCUT2D eigenvalue weighted by atomic mass is 32.2. The molecule has 1 saturated heterocycles. The molecule has 2 N–H and O–H groups in total. The van der Waals surface area contributed by atoms with Gasteiger partial charge >= 0.3 is 0 Å². The zero-order valence-corrected chi connectivity index (χ0v) is 8.85. The highest BCUT2D eigenvalue weighted by molar-refractivity contribution is 7.99. The SMILES string of the molecule is NCCOCCSC1CCOCC1. The van der Waals surface area contributed by atoms with E-state index < -0.39 is 0 Å².